The maximum Gasteiger partial charge on any atom is 0.149 e. The number of nitrogens with zero attached hydrogens (tertiary/aromatic N) is 5. The third-order valence-electron chi connectivity index (χ3n) is 3.96. The Labute approximate surface area is 112 Å². The summed E-state index contributed by atoms with van der Waals surface area (Å²) in [5.74, 6) is 2.18. The molecule has 0 saturated heterocycles. The van der Waals surface area contributed by atoms with Crippen molar-refractivity contribution in [1.82, 2.24) is 29.9 Å². The van der Waals surface area contributed by atoms with Gasteiger partial charge in [0.05, 0.1) is 12.2 Å². The van der Waals surface area contributed by atoms with E-state index in [9.17, 15) is 0 Å². The van der Waals surface area contributed by atoms with E-state index in [2.05, 4.69) is 39.0 Å². The lowest BCUT2D eigenvalue weighted by Gasteiger charge is -2.13. The highest BCUT2D eigenvalue weighted by Gasteiger charge is 2.21. The van der Waals surface area contributed by atoms with Crippen molar-refractivity contribution in [3.8, 4) is 0 Å². The van der Waals surface area contributed by atoms with Crippen molar-refractivity contribution in [2.75, 3.05) is 0 Å². The normalized spacial score (nSPS) is 15.7. The molecular weight excluding hydrogens is 240 g/mol. The Balaban J connectivity index is 1.68. The molecule has 1 N–H and O–H groups in total. The predicted molar refractivity (Wildman–Crippen MR) is 71.5 cm³/mol. The van der Waals surface area contributed by atoms with Crippen LogP contribution in [0.15, 0.2) is 6.20 Å². The lowest BCUT2D eigenvalue weighted by molar-refractivity contribution is 0.515. The number of hydrogen-bond donors (Lipinski definition) is 1. The third kappa shape index (κ3) is 2.16. The van der Waals surface area contributed by atoms with E-state index in [0.29, 0.717) is 0 Å². The van der Waals surface area contributed by atoms with E-state index >= 15 is 0 Å². The Morgan fingerprint density at radius 1 is 1.42 bits per heavy atom. The van der Waals surface area contributed by atoms with Gasteiger partial charge in [-0.3, -0.25) is 4.68 Å². The highest BCUT2D eigenvalue weighted by Crippen LogP contribution is 2.19. The average molecular weight is 260 g/mol. The van der Waals surface area contributed by atoms with Crippen LogP contribution in [0.3, 0.4) is 0 Å². The van der Waals surface area contributed by atoms with Gasteiger partial charge < -0.3 is 9.88 Å². The van der Waals surface area contributed by atoms with E-state index in [-0.39, 0.29) is 6.04 Å². The molecule has 0 spiro atoms. The molecule has 0 amide bonds. The molecule has 1 unspecified atom stereocenters. The standard InChI is InChI=1S/C13H20N6/c1-9(13-17-16-12-5-4-6-19(12)13)14-7-11-8-15-18(3)10(11)2/h8-9,14H,4-7H2,1-3H3. The molecule has 0 fully saturated rings. The van der Waals surface area contributed by atoms with Gasteiger partial charge in [-0.1, -0.05) is 0 Å². The lowest BCUT2D eigenvalue weighted by atomic mass is 10.2. The predicted octanol–water partition coefficient (Wildman–Crippen LogP) is 1.12. The van der Waals surface area contributed by atoms with Crippen molar-refractivity contribution in [2.24, 2.45) is 7.05 Å². The lowest BCUT2D eigenvalue weighted by Crippen LogP contribution is -2.21. The zero-order chi connectivity index (χ0) is 13.4. The summed E-state index contributed by atoms with van der Waals surface area (Å²) in [6, 6.07) is 0.207. The van der Waals surface area contributed by atoms with Crippen LogP contribution < -0.4 is 5.32 Å². The van der Waals surface area contributed by atoms with E-state index in [0.717, 1.165) is 31.2 Å². The van der Waals surface area contributed by atoms with Crippen LogP contribution in [0.4, 0.5) is 0 Å². The number of fused-ring (bicyclic) bond motifs is 1. The average Bonchev–Trinajstić information content (AvgIpc) is 3.05. The van der Waals surface area contributed by atoms with Crippen LogP contribution in [0.2, 0.25) is 0 Å². The molecule has 1 atom stereocenters. The van der Waals surface area contributed by atoms with Crippen LogP contribution in [-0.4, -0.2) is 24.5 Å². The molecule has 0 bridgehead atoms. The highest BCUT2D eigenvalue weighted by molar-refractivity contribution is 5.16. The van der Waals surface area contributed by atoms with Crippen LogP contribution in [-0.2, 0) is 26.6 Å². The molecule has 0 saturated carbocycles. The van der Waals surface area contributed by atoms with E-state index in [1.54, 1.807) is 0 Å². The van der Waals surface area contributed by atoms with Gasteiger partial charge in [-0.05, 0) is 20.3 Å². The molecule has 1 aliphatic rings. The van der Waals surface area contributed by atoms with Gasteiger partial charge in [0.15, 0.2) is 0 Å². The first kappa shape index (κ1) is 12.3. The van der Waals surface area contributed by atoms with E-state index < -0.39 is 0 Å². The second-order valence-electron chi connectivity index (χ2n) is 5.21. The van der Waals surface area contributed by atoms with Gasteiger partial charge in [0.1, 0.15) is 11.6 Å². The molecular formula is C13H20N6. The van der Waals surface area contributed by atoms with Gasteiger partial charge in [-0.2, -0.15) is 5.10 Å². The summed E-state index contributed by atoms with van der Waals surface area (Å²) in [4.78, 5) is 0. The maximum atomic E-state index is 4.31. The summed E-state index contributed by atoms with van der Waals surface area (Å²) in [7, 11) is 1.97. The van der Waals surface area contributed by atoms with Crippen molar-refractivity contribution < 1.29 is 0 Å². The molecule has 1 aliphatic heterocycles. The minimum absolute atomic E-state index is 0.207. The zero-order valence-corrected chi connectivity index (χ0v) is 11.7. The first-order chi connectivity index (χ1) is 9.16. The van der Waals surface area contributed by atoms with Crippen LogP contribution >= 0.6 is 0 Å². The van der Waals surface area contributed by atoms with Gasteiger partial charge in [0, 0.05) is 37.8 Å². The Bertz CT molecular complexity index is 582. The summed E-state index contributed by atoms with van der Waals surface area (Å²) in [6.45, 7) is 6.09. The molecule has 3 rings (SSSR count). The Kier molecular flexibility index (Phi) is 3.10. The summed E-state index contributed by atoms with van der Waals surface area (Å²) in [5, 5.41) is 16.3. The van der Waals surface area contributed by atoms with Crippen molar-refractivity contribution in [3.05, 3.63) is 29.1 Å². The van der Waals surface area contributed by atoms with Crippen LogP contribution in [0.1, 0.15) is 42.3 Å². The Morgan fingerprint density at radius 3 is 3.00 bits per heavy atom. The van der Waals surface area contributed by atoms with Gasteiger partial charge in [0.2, 0.25) is 0 Å². The Hall–Kier alpha value is -1.69. The Morgan fingerprint density at radius 2 is 2.26 bits per heavy atom. The van der Waals surface area contributed by atoms with Crippen LogP contribution in [0.25, 0.3) is 0 Å². The van der Waals surface area contributed by atoms with E-state index in [4.69, 9.17) is 0 Å². The topological polar surface area (TPSA) is 60.6 Å². The second kappa shape index (κ2) is 4.77. The van der Waals surface area contributed by atoms with Gasteiger partial charge in [0.25, 0.3) is 0 Å². The first-order valence-corrected chi connectivity index (χ1v) is 6.79. The number of nitrogens with one attached hydrogen (secondary N) is 1. The van der Waals surface area contributed by atoms with E-state index in [1.165, 1.54) is 17.7 Å². The quantitative estimate of drug-likeness (QED) is 0.895. The summed E-state index contributed by atoms with van der Waals surface area (Å²) >= 11 is 0. The van der Waals surface area contributed by atoms with Gasteiger partial charge in [-0.25, -0.2) is 0 Å². The fourth-order valence-electron chi connectivity index (χ4n) is 2.57. The number of hydrogen-bond acceptors (Lipinski definition) is 4. The molecule has 19 heavy (non-hydrogen) atoms. The van der Waals surface area contributed by atoms with Crippen molar-refractivity contribution >= 4 is 0 Å². The van der Waals surface area contributed by atoms with Gasteiger partial charge >= 0.3 is 0 Å². The van der Waals surface area contributed by atoms with Crippen LogP contribution in [0, 0.1) is 6.92 Å². The molecule has 6 nitrogen and oxygen atoms in total. The van der Waals surface area contributed by atoms with Gasteiger partial charge in [-0.15, -0.1) is 10.2 Å². The molecule has 2 aromatic heterocycles. The van der Waals surface area contributed by atoms with E-state index in [1.807, 2.05) is 17.9 Å². The molecule has 0 aliphatic carbocycles. The molecule has 0 radical (unpaired) electrons. The van der Waals surface area contributed by atoms with Crippen molar-refractivity contribution in [2.45, 2.75) is 45.8 Å². The highest BCUT2D eigenvalue weighted by atomic mass is 15.3. The molecule has 3 heterocycles. The summed E-state index contributed by atoms with van der Waals surface area (Å²) < 4.78 is 4.14. The molecule has 6 heteroatoms. The maximum absolute atomic E-state index is 4.31. The zero-order valence-electron chi connectivity index (χ0n) is 11.7. The fraction of sp³-hybridized carbons (Fsp3) is 0.615. The van der Waals surface area contributed by atoms with Crippen molar-refractivity contribution in [1.29, 1.82) is 0 Å². The summed E-state index contributed by atoms with van der Waals surface area (Å²) in [5.41, 5.74) is 2.43. The second-order valence-corrected chi connectivity index (χ2v) is 5.21. The molecule has 0 aromatic carbocycles. The SMILES string of the molecule is Cc1c(CNC(C)c2nnc3n2CCC3)cnn1C. The monoisotopic (exact) mass is 260 g/mol. The first-order valence-electron chi connectivity index (χ1n) is 6.79. The number of aryl methyl sites for hydroxylation is 2. The summed E-state index contributed by atoms with van der Waals surface area (Å²) in [6.07, 6.45) is 4.16. The molecule has 2 aromatic rings. The van der Waals surface area contributed by atoms with Crippen LogP contribution in [0.5, 0.6) is 0 Å². The minimum Gasteiger partial charge on any atom is -0.314 e. The molecule has 102 valence electrons. The third-order valence-corrected chi connectivity index (χ3v) is 3.96. The fourth-order valence-corrected chi connectivity index (χ4v) is 2.57. The number of aromatic nitrogens is 5. The largest absolute Gasteiger partial charge is 0.314 e. The smallest absolute Gasteiger partial charge is 0.149 e. The van der Waals surface area contributed by atoms with Crippen molar-refractivity contribution in [3.63, 3.8) is 0 Å². The number of rotatable bonds is 4. The minimum atomic E-state index is 0.207.